The smallest absolute Gasteiger partial charge is 0.119 e. The fourth-order valence-corrected chi connectivity index (χ4v) is 15.3. The second-order valence-electron chi connectivity index (χ2n) is 25.2. The number of nitrogens with zero attached hydrogens (tertiary/aromatic N) is 2. The predicted molar refractivity (Wildman–Crippen MR) is 371 cm³/mol. The van der Waals surface area contributed by atoms with Crippen molar-refractivity contribution in [1.29, 1.82) is 0 Å². The fourth-order valence-electron chi connectivity index (χ4n) is 13.3. The molecule has 0 saturated carbocycles. The Morgan fingerprint density at radius 3 is 1.51 bits per heavy atom. The number of para-hydroxylation sites is 1. The minimum absolute atomic E-state index is 0.0834. The van der Waals surface area contributed by atoms with Crippen molar-refractivity contribution in [2.75, 3.05) is 11.5 Å². The lowest BCUT2D eigenvalue weighted by Crippen LogP contribution is -2.31. The van der Waals surface area contributed by atoms with Crippen LogP contribution in [0.5, 0.6) is 5.75 Å². The average Bonchev–Trinajstić information content (AvgIpc) is 1.67. The summed E-state index contributed by atoms with van der Waals surface area (Å²) in [6.07, 6.45) is 5.88. The molecule has 0 aliphatic heterocycles. The van der Waals surface area contributed by atoms with E-state index >= 15 is 0 Å². The molecule has 422 valence electrons. The van der Waals surface area contributed by atoms with Crippen LogP contribution < -0.4 is 9.64 Å². The second kappa shape index (κ2) is 23.2. The van der Waals surface area contributed by atoms with E-state index in [4.69, 9.17) is 4.74 Å². The van der Waals surface area contributed by atoms with Crippen LogP contribution in [0.4, 0.5) is 17.1 Å². The van der Waals surface area contributed by atoms with Crippen molar-refractivity contribution in [3.8, 4) is 55.9 Å². The lowest BCUT2D eigenvalue weighted by molar-refractivity contribution is 0.338. The van der Waals surface area contributed by atoms with Gasteiger partial charge in [0.1, 0.15) is 5.75 Å². The average molecular weight is 1130 g/mol. The number of hydrogen-bond acceptors (Lipinski definition) is 2. The van der Waals surface area contributed by atoms with Gasteiger partial charge in [-0.3, -0.25) is 0 Å². The van der Waals surface area contributed by atoms with E-state index in [1.54, 1.807) is 0 Å². The molecule has 0 radical (unpaired) electrons. The topological polar surface area (TPSA) is 17.4 Å². The van der Waals surface area contributed by atoms with Crippen molar-refractivity contribution in [2.45, 2.75) is 69.6 Å². The van der Waals surface area contributed by atoms with Gasteiger partial charge in [0.05, 0.1) is 25.7 Å². The summed E-state index contributed by atoms with van der Waals surface area (Å²) in [7, 11) is -1.66. The molecule has 4 heteroatoms. The highest BCUT2D eigenvalue weighted by Crippen LogP contribution is 2.57. The molecule has 0 bridgehead atoms. The largest absolute Gasteiger partial charge is 0.494 e. The SMILES string of the molecule is C=Cc1ccc(OCC[Si](C)(C)CCCC2(c3ccccc3)c3ccccc3-c3ccc(N(c4ccc(-c5ccc(C(C)(C)C)cc5)cc4)c4ccc(-c5ccc6c(c5)c5cc(-c7ccc(C=C)cc7)ccc5n6-c5ccccc5)cc4)cc32)cc1. The summed E-state index contributed by atoms with van der Waals surface area (Å²) in [6, 6.07) is 99.2. The minimum atomic E-state index is -1.66. The minimum Gasteiger partial charge on any atom is -0.494 e. The third-order valence-electron chi connectivity index (χ3n) is 18.2. The molecule has 1 aromatic heterocycles. The number of hydrogen-bond donors (Lipinski definition) is 0. The van der Waals surface area contributed by atoms with Gasteiger partial charge in [-0.2, -0.15) is 0 Å². The number of benzene rings is 11. The molecule has 0 fully saturated rings. The number of anilines is 3. The highest BCUT2D eigenvalue weighted by molar-refractivity contribution is 6.77. The monoisotopic (exact) mass is 1130 g/mol. The molecule has 1 unspecified atom stereocenters. The Hall–Kier alpha value is -9.48. The normalized spacial score (nSPS) is 13.8. The molecule has 11 aromatic carbocycles. The van der Waals surface area contributed by atoms with Crippen LogP contribution in [-0.4, -0.2) is 19.2 Å². The van der Waals surface area contributed by atoms with Gasteiger partial charge >= 0.3 is 0 Å². The van der Waals surface area contributed by atoms with Gasteiger partial charge in [-0.25, -0.2) is 0 Å². The lowest BCUT2D eigenvalue weighted by atomic mass is 9.69. The molecule has 1 aliphatic carbocycles. The van der Waals surface area contributed by atoms with Crippen LogP contribution in [0, 0.1) is 0 Å². The first-order chi connectivity index (χ1) is 41.9. The highest BCUT2D eigenvalue weighted by atomic mass is 28.3. The van der Waals surface area contributed by atoms with Gasteiger partial charge in [-0.1, -0.05) is 248 Å². The Morgan fingerprint density at radius 2 is 0.942 bits per heavy atom. The summed E-state index contributed by atoms with van der Waals surface area (Å²) in [4.78, 5) is 2.47. The summed E-state index contributed by atoms with van der Waals surface area (Å²) < 4.78 is 8.75. The Morgan fingerprint density at radius 1 is 0.465 bits per heavy atom. The quantitative estimate of drug-likeness (QED) is 0.0797. The van der Waals surface area contributed by atoms with E-state index in [2.05, 4.69) is 317 Å². The molecule has 0 amide bonds. The molecule has 0 saturated heterocycles. The van der Waals surface area contributed by atoms with Crippen LogP contribution in [-0.2, 0) is 10.8 Å². The number of fused-ring (bicyclic) bond motifs is 6. The van der Waals surface area contributed by atoms with Crippen LogP contribution in [0.2, 0.25) is 25.2 Å². The maximum Gasteiger partial charge on any atom is 0.119 e. The first kappa shape index (κ1) is 55.7. The molecular formula is C82H74N2OSi. The molecule has 12 aromatic rings. The van der Waals surface area contributed by atoms with Crippen molar-refractivity contribution in [2.24, 2.45) is 0 Å². The predicted octanol–water partition coefficient (Wildman–Crippen LogP) is 22.7. The van der Waals surface area contributed by atoms with Crippen LogP contribution in [0.3, 0.4) is 0 Å². The fraction of sp³-hybridized carbons (Fsp3) is 0.146. The van der Waals surface area contributed by atoms with E-state index in [1.165, 1.54) is 89.0 Å². The zero-order valence-corrected chi connectivity index (χ0v) is 51.2. The van der Waals surface area contributed by atoms with E-state index < -0.39 is 8.07 Å². The number of aromatic nitrogens is 1. The van der Waals surface area contributed by atoms with Crippen molar-refractivity contribution in [3.05, 3.63) is 307 Å². The Labute approximate surface area is 509 Å². The van der Waals surface area contributed by atoms with Gasteiger partial charge in [-0.15, -0.1) is 0 Å². The van der Waals surface area contributed by atoms with Crippen molar-refractivity contribution in [1.82, 2.24) is 4.57 Å². The zero-order chi connectivity index (χ0) is 59.0. The first-order valence-electron chi connectivity index (χ1n) is 30.5. The molecule has 1 aliphatic rings. The number of rotatable bonds is 18. The zero-order valence-electron chi connectivity index (χ0n) is 50.2. The molecular weight excluding hydrogens is 1060 g/mol. The standard InChI is InChI=1S/C82H74N2OSi/c1-8-58-25-29-62(30-26-58)64-37-49-79-75(55-64)76-56-65(38-50-80(76)84(79)68-21-14-11-15-22-68)63-35-43-70(44-36-63)83(69-41-33-61(34-42-69)60-31-39-66(40-32-60)81(3,4)5)71-45-48-74-73-23-16-17-24-77(73)82(78(74)57-71,67-19-12-10-13-20-67)51-18-53-86(6,7)54-52-85-72-46-27-59(9-2)28-47-72/h8-17,19-50,55-57H,1-2,18,51-54H2,3-7H3. The second-order valence-corrected chi connectivity index (χ2v) is 30.5. The molecule has 1 atom stereocenters. The molecule has 0 N–H and O–H groups in total. The summed E-state index contributed by atoms with van der Waals surface area (Å²) in [5.41, 5.74) is 24.0. The van der Waals surface area contributed by atoms with E-state index in [-0.39, 0.29) is 10.8 Å². The van der Waals surface area contributed by atoms with Gasteiger partial charge in [0, 0.05) is 38.9 Å². The van der Waals surface area contributed by atoms with E-state index in [0.29, 0.717) is 0 Å². The third-order valence-corrected chi connectivity index (χ3v) is 21.4. The van der Waals surface area contributed by atoms with Gasteiger partial charge in [0.25, 0.3) is 0 Å². The maximum atomic E-state index is 6.34. The van der Waals surface area contributed by atoms with Crippen LogP contribution in [0.25, 0.3) is 84.2 Å². The molecule has 86 heavy (non-hydrogen) atoms. The van der Waals surface area contributed by atoms with Gasteiger partial charge in [0.15, 0.2) is 0 Å². The Kier molecular flexibility index (Phi) is 15.0. The maximum absolute atomic E-state index is 6.34. The van der Waals surface area contributed by atoms with Gasteiger partial charge in [-0.05, 0) is 181 Å². The van der Waals surface area contributed by atoms with E-state index in [1.807, 2.05) is 12.2 Å². The van der Waals surface area contributed by atoms with E-state index in [0.717, 1.165) is 70.7 Å². The van der Waals surface area contributed by atoms with Gasteiger partial charge in [0.2, 0.25) is 0 Å². The highest BCUT2D eigenvalue weighted by Gasteiger charge is 2.45. The first-order valence-corrected chi connectivity index (χ1v) is 33.9. The summed E-state index contributed by atoms with van der Waals surface area (Å²) in [6.45, 7) is 20.5. The van der Waals surface area contributed by atoms with Crippen molar-refractivity contribution >= 4 is 59.1 Å². The van der Waals surface area contributed by atoms with Crippen LogP contribution in [0.1, 0.15) is 67.0 Å². The summed E-state index contributed by atoms with van der Waals surface area (Å²) >= 11 is 0. The summed E-state index contributed by atoms with van der Waals surface area (Å²) in [5, 5.41) is 2.44. The molecule has 1 heterocycles. The Balaban J connectivity index is 0.889. The molecule has 13 rings (SSSR count). The van der Waals surface area contributed by atoms with E-state index in [9.17, 15) is 0 Å². The third kappa shape index (κ3) is 10.8. The van der Waals surface area contributed by atoms with Crippen molar-refractivity contribution < 1.29 is 4.74 Å². The van der Waals surface area contributed by atoms with Crippen LogP contribution in [0.15, 0.2) is 274 Å². The number of ether oxygens (including phenoxy) is 1. The molecule has 0 spiro atoms. The van der Waals surface area contributed by atoms with Gasteiger partial charge < -0.3 is 14.2 Å². The van der Waals surface area contributed by atoms with Crippen molar-refractivity contribution in [3.63, 3.8) is 0 Å². The summed E-state index contributed by atoms with van der Waals surface area (Å²) in [5.74, 6) is 0.924. The molecule has 3 nitrogen and oxygen atoms in total. The Bertz CT molecular complexity index is 4400. The lowest BCUT2D eigenvalue weighted by Gasteiger charge is -2.35. The van der Waals surface area contributed by atoms with Crippen LogP contribution >= 0.6 is 0 Å².